The number of carbonyl (C=O) groups is 1. The number of fused-ring (bicyclic) bond motifs is 1. The molecule has 27 heavy (non-hydrogen) atoms. The summed E-state index contributed by atoms with van der Waals surface area (Å²) in [6.45, 7) is 3.41. The van der Waals surface area contributed by atoms with Crippen molar-refractivity contribution in [3.8, 4) is 16.9 Å². The summed E-state index contributed by atoms with van der Waals surface area (Å²) in [7, 11) is 0. The quantitative estimate of drug-likeness (QED) is 0.731. The highest BCUT2D eigenvalue weighted by Gasteiger charge is 2.19. The maximum atomic E-state index is 11.1. The Kier molecular flexibility index (Phi) is 4.60. The molecule has 138 valence electrons. The van der Waals surface area contributed by atoms with E-state index in [2.05, 4.69) is 14.8 Å². The minimum atomic E-state index is -0.296. The van der Waals surface area contributed by atoms with Crippen LogP contribution in [0.1, 0.15) is 0 Å². The van der Waals surface area contributed by atoms with E-state index in [0.717, 1.165) is 54.2 Å². The minimum absolute atomic E-state index is 0.247. The first-order valence-corrected chi connectivity index (χ1v) is 8.90. The number of nitrogens with zero attached hydrogens (tertiary/aromatic N) is 4. The van der Waals surface area contributed by atoms with Crippen LogP contribution in [-0.2, 0) is 4.79 Å². The Bertz CT molecular complexity index is 966. The number of rotatable bonds is 4. The molecule has 0 saturated carbocycles. The Morgan fingerprint density at radius 1 is 1.00 bits per heavy atom. The number of hydrogen-bond acceptors (Lipinski definition) is 6. The number of hydrogen-bond donors (Lipinski definition) is 2. The SMILES string of the molecule is NC(=O)CN1CCN(c2cnc3ccc(-c4ccc(O)cc4)cc3n2)CC1. The van der Waals surface area contributed by atoms with E-state index < -0.39 is 0 Å². The van der Waals surface area contributed by atoms with Gasteiger partial charge in [0.05, 0.1) is 23.8 Å². The van der Waals surface area contributed by atoms with Gasteiger partial charge in [0.25, 0.3) is 0 Å². The minimum Gasteiger partial charge on any atom is -0.508 e. The van der Waals surface area contributed by atoms with Crippen molar-refractivity contribution in [2.75, 3.05) is 37.6 Å². The second kappa shape index (κ2) is 7.20. The van der Waals surface area contributed by atoms with Crippen molar-refractivity contribution in [3.05, 3.63) is 48.7 Å². The predicted molar refractivity (Wildman–Crippen MR) is 104 cm³/mol. The number of amides is 1. The maximum Gasteiger partial charge on any atom is 0.231 e. The molecule has 7 nitrogen and oxygen atoms in total. The molecular weight excluding hydrogens is 342 g/mol. The zero-order valence-corrected chi connectivity index (χ0v) is 14.9. The van der Waals surface area contributed by atoms with Crippen molar-refractivity contribution in [2.24, 2.45) is 5.73 Å². The lowest BCUT2D eigenvalue weighted by atomic mass is 10.0. The van der Waals surface area contributed by atoms with Gasteiger partial charge in [-0.05, 0) is 35.4 Å². The zero-order chi connectivity index (χ0) is 18.8. The average molecular weight is 363 g/mol. The van der Waals surface area contributed by atoms with E-state index in [-0.39, 0.29) is 11.7 Å². The molecule has 1 amide bonds. The summed E-state index contributed by atoms with van der Waals surface area (Å²) in [6, 6.07) is 13.1. The normalized spacial score (nSPS) is 15.2. The smallest absolute Gasteiger partial charge is 0.231 e. The van der Waals surface area contributed by atoms with E-state index in [1.165, 1.54) is 0 Å². The van der Waals surface area contributed by atoms with Crippen molar-refractivity contribution < 1.29 is 9.90 Å². The maximum absolute atomic E-state index is 11.1. The first-order valence-electron chi connectivity index (χ1n) is 8.90. The summed E-state index contributed by atoms with van der Waals surface area (Å²) in [4.78, 5) is 24.6. The molecule has 0 aliphatic carbocycles. The summed E-state index contributed by atoms with van der Waals surface area (Å²) in [5, 5.41) is 9.47. The van der Waals surface area contributed by atoms with Crippen LogP contribution in [0.2, 0.25) is 0 Å². The third-order valence-electron chi connectivity index (χ3n) is 4.81. The van der Waals surface area contributed by atoms with Gasteiger partial charge in [0.1, 0.15) is 11.6 Å². The van der Waals surface area contributed by atoms with Crippen LogP contribution in [0.5, 0.6) is 5.75 Å². The molecule has 0 unspecified atom stereocenters. The van der Waals surface area contributed by atoms with Gasteiger partial charge in [0.15, 0.2) is 0 Å². The molecule has 1 aromatic heterocycles. The number of piperazine rings is 1. The highest BCUT2D eigenvalue weighted by molar-refractivity contribution is 5.82. The number of nitrogens with two attached hydrogens (primary N) is 1. The van der Waals surface area contributed by atoms with Crippen LogP contribution in [-0.4, -0.2) is 58.6 Å². The molecule has 0 spiro atoms. The standard InChI is InChI=1S/C20H21N5O2/c21-19(27)13-24-7-9-25(10-8-24)20-12-22-17-6-3-15(11-18(17)23-20)14-1-4-16(26)5-2-14/h1-6,11-12,26H,7-10,13H2,(H2,21,27). The summed E-state index contributed by atoms with van der Waals surface area (Å²) in [6.07, 6.45) is 1.80. The molecule has 2 aromatic carbocycles. The Balaban J connectivity index is 1.56. The molecule has 4 rings (SSSR count). The average Bonchev–Trinajstić information content (AvgIpc) is 2.68. The second-order valence-corrected chi connectivity index (χ2v) is 6.71. The Morgan fingerprint density at radius 2 is 1.70 bits per heavy atom. The molecule has 1 fully saturated rings. The van der Waals surface area contributed by atoms with Crippen molar-refractivity contribution in [2.45, 2.75) is 0 Å². The fourth-order valence-corrected chi connectivity index (χ4v) is 3.34. The van der Waals surface area contributed by atoms with Gasteiger partial charge in [-0.25, -0.2) is 4.98 Å². The number of carbonyl (C=O) groups excluding carboxylic acids is 1. The van der Waals surface area contributed by atoms with Gasteiger partial charge >= 0.3 is 0 Å². The van der Waals surface area contributed by atoms with Crippen molar-refractivity contribution in [1.82, 2.24) is 14.9 Å². The van der Waals surface area contributed by atoms with Gasteiger partial charge in [0, 0.05) is 26.2 Å². The van der Waals surface area contributed by atoms with Crippen LogP contribution in [0.4, 0.5) is 5.82 Å². The predicted octanol–water partition coefficient (Wildman–Crippen LogP) is 1.61. The number of phenolic OH excluding ortho intramolecular Hbond substituents is 1. The molecule has 0 atom stereocenters. The van der Waals surface area contributed by atoms with E-state index in [9.17, 15) is 9.90 Å². The van der Waals surface area contributed by atoms with Crippen LogP contribution in [0, 0.1) is 0 Å². The summed E-state index contributed by atoms with van der Waals surface area (Å²) < 4.78 is 0. The van der Waals surface area contributed by atoms with Gasteiger partial charge in [0.2, 0.25) is 5.91 Å². The Morgan fingerprint density at radius 3 is 2.41 bits per heavy atom. The van der Waals surface area contributed by atoms with Gasteiger partial charge in [-0.1, -0.05) is 18.2 Å². The van der Waals surface area contributed by atoms with E-state index in [0.29, 0.717) is 6.54 Å². The first kappa shape index (κ1) is 17.2. The number of anilines is 1. The summed E-state index contributed by atoms with van der Waals surface area (Å²) in [5.74, 6) is 0.789. The Hall–Kier alpha value is -3.19. The van der Waals surface area contributed by atoms with Crippen LogP contribution >= 0.6 is 0 Å². The van der Waals surface area contributed by atoms with Crippen LogP contribution in [0.25, 0.3) is 22.2 Å². The fourth-order valence-electron chi connectivity index (χ4n) is 3.34. The zero-order valence-electron chi connectivity index (χ0n) is 14.9. The lowest BCUT2D eigenvalue weighted by Crippen LogP contribution is -2.49. The molecule has 2 heterocycles. The van der Waals surface area contributed by atoms with Gasteiger partial charge in [-0.15, -0.1) is 0 Å². The lowest BCUT2D eigenvalue weighted by molar-refractivity contribution is -0.119. The van der Waals surface area contributed by atoms with Crippen LogP contribution in [0.3, 0.4) is 0 Å². The van der Waals surface area contributed by atoms with Crippen LogP contribution < -0.4 is 10.6 Å². The van der Waals surface area contributed by atoms with Gasteiger partial charge in [-0.3, -0.25) is 14.7 Å². The highest BCUT2D eigenvalue weighted by Crippen LogP contribution is 2.25. The Labute approximate surface area is 157 Å². The molecular formula is C20H21N5O2. The second-order valence-electron chi connectivity index (χ2n) is 6.71. The lowest BCUT2D eigenvalue weighted by Gasteiger charge is -2.34. The van der Waals surface area contributed by atoms with Gasteiger partial charge < -0.3 is 15.7 Å². The van der Waals surface area contributed by atoms with E-state index in [1.807, 2.05) is 30.3 Å². The molecule has 0 radical (unpaired) electrons. The number of benzene rings is 2. The monoisotopic (exact) mass is 363 g/mol. The van der Waals surface area contributed by atoms with Crippen molar-refractivity contribution in [3.63, 3.8) is 0 Å². The van der Waals surface area contributed by atoms with Crippen LogP contribution in [0.15, 0.2) is 48.7 Å². The molecule has 3 aromatic rings. The summed E-state index contributed by atoms with van der Waals surface area (Å²) >= 11 is 0. The number of primary amides is 1. The third-order valence-corrected chi connectivity index (χ3v) is 4.81. The summed E-state index contributed by atoms with van der Waals surface area (Å²) in [5.41, 5.74) is 8.99. The first-order chi connectivity index (χ1) is 13.1. The molecule has 0 bridgehead atoms. The molecule has 1 saturated heterocycles. The topological polar surface area (TPSA) is 95.6 Å². The molecule has 1 aliphatic heterocycles. The highest BCUT2D eigenvalue weighted by atomic mass is 16.3. The number of aromatic nitrogens is 2. The number of phenols is 1. The molecule has 7 heteroatoms. The van der Waals surface area contributed by atoms with E-state index in [4.69, 9.17) is 10.7 Å². The largest absolute Gasteiger partial charge is 0.508 e. The van der Waals surface area contributed by atoms with Crippen molar-refractivity contribution >= 4 is 22.8 Å². The van der Waals surface area contributed by atoms with Crippen molar-refractivity contribution in [1.29, 1.82) is 0 Å². The fraction of sp³-hybridized carbons (Fsp3) is 0.250. The number of aromatic hydroxyl groups is 1. The van der Waals surface area contributed by atoms with E-state index >= 15 is 0 Å². The molecule has 3 N–H and O–H groups in total. The third kappa shape index (κ3) is 3.83. The molecule has 1 aliphatic rings. The van der Waals surface area contributed by atoms with E-state index in [1.54, 1.807) is 18.3 Å². The van der Waals surface area contributed by atoms with Gasteiger partial charge in [-0.2, -0.15) is 0 Å².